The van der Waals surface area contributed by atoms with E-state index < -0.39 is 0 Å². The molecule has 2 rings (SSSR count). The van der Waals surface area contributed by atoms with Crippen molar-refractivity contribution in [2.45, 2.75) is 32.2 Å². The van der Waals surface area contributed by atoms with Crippen molar-refractivity contribution in [3.8, 4) is 0 Å². The highest BCUT2D eigenvalue weighted by molar-refractivity contribution is 7.12. The molecule has 0 aliphatic carbocycles. The first-order valence-corrected chi connectivity index (χ1v) is 7.92. The smallest absolute Gasteiger partial charge is 0.0728 e. The molecule has 2 aromatic rings. The molecule has 0 radical (unpaired) electrons. The molecular formula is C16H21ClN2S. The van der Waals surface area contributed by atoms with Gasteiger partial charge in [0.05, 0.1) is 6.04 Å². The Hall–Kier alpha value is -1.03. The van der Waals surface area contributed by atoms with Gasteiger partial charge in [0.25, 0.3) is 0 Å². The highest BCUT2D eigenvalue weighted by atomic mass is 35.5. The fourth-order valence-electron chi connectivity index (χ4n) is 1.94. The first-order valence-electron chi connectivity index (χ1n) is 6.72. The number of nitrogens with two attached hydrogens (primary N) is 1. The molecule has 1 aromatic heterocycles. The van der Waals surface area contributed by atoms with E-state index in [4.69, 9.17) is 17.3 Å². The lowest BCUT2D eigenvalue weighted by Gasteiger charge is -2.18. The molecule has 1 heterocycles. The van der Waals surface area contributed by atoms with Crippen molar-refractivity contribution in [3.05, 3.63) is 51.2 Å². The predicted octanol–water partition coefficient (Wildman–Crippen LogP) is 4.81. The Morgan fingerprint density at radius 2 is 1.80 bits per heavy atom. The zero-order valence-electron chi connectivity index (χ0n) is 12.1. The van der Waals surface area contributed by atoms with Crippen molar-refractivity contribution in [1.82, 2.24) is 0 Å². The molecule has 108 valence electrons. The van der Waals surface area contributed by atoms with Gasteiger partial charge in [-0.2, -0.15) is 0 Å². The maximum absolute atomic E-state index is 5.92. The summed E-state index contributed by atoms with van der Waals surface area (Å²) in [6.45, 7) is 7.25. The van der Waals surface area contributed by atoms with Crippen molar-refractivity contribution in [3.63, 3.8) is 0 Å². The fourth-order valence-corrected chi connectivity index (χ4v) is 3.19. The highest BCUT2D eigenvalue weighted by Crippen LogP contribution is 2.33. The Labute approximate surface area is 130 Å². The van der Waals surface area contributed by atoms with Crippen LogP contribution in [0.4, 0.5) is 5.69 Å². The van der Waals surface area contributed by atoms with Crippen LogP contribution < -0.4 is 11.1 Å². The van der Waals surface area contributed by atoms with E-state index in [-0.39, 0.29) is 11.5 Å². The third-order valence-electron chi connectivity index (χ3n) is 3.13. The third kappa shape index (κ3) is 3.75. The summed E-state index contributed by atoms with van der Waals surface area (Å²) in [7, 11) is 0. The van der Waals surface area contributed by atoms with Gasteiger partial charge in [-0.1, -0.05) is 32.4 Å². The molecule has 3 N–H and O–H groups in total. The van der Waals surface area contributed by atoms with Crippen LogP contribution in [0.5, 0.6) is 0 Å². The second-order valence-electron chi connectivity index (χ2n) is 5.89. The fraction of sp³-hybridized carbons (Fsp3) is 0.375. The van der Waals surface area contributed by atoms with Crippen LogP contribution in [0, 0.1) is 0 Å². The molecule has 1 aromatic carbocycles. The maximum atomic E-state index is 5.92. The lowest BCUT2D eigenvalue weighted by atomic mass is 9.95. The number of benzene rings is 1. The number of anilines is 1. The monoisotopic (exact) mass is 308 g/mol. The van der Waals surface area contributed by atoms with Crippen molar-refractivity contribution in [2.24, 2.45) is 5.73 Å². The number of nitrogens with one attached hydrogen (secondary N) is 1. The molecule has 0 amide bonds. The summed E-state index contributed by atoms with van der Waals surface area (Å²) in [6.07, 6.45) is 0. The van der Waals surface area contributed by atoms with Gasteiger partial charge in [0.15, 0.2) is 0 Å². The van der Waals surface area contributed by atoms with Crippen LogP contribution in [0.3, 0.4) is 0 Å². The molecule has 0 fully saturated rings. The van der Waals surface area contributed by atoms with E-state index in [9.17, 15) is 0 Å². The zero-order chi connectivity index (χ0) is 14.8. The summed E-state index contributed by atoms with van der Waals surface area (Å²) in [5, 5.41) is 4.21. The number of halogens is 1. The molecule has 20 heavy (non-hydrogen) atoms. The van der Waals surface area contributed by atoms with Gasteiger partial charge in [0.1, 0.15) is 0 Å². The summed E-state index contributed by atoms with van der Waals surface area (Å²) in [4.78, 5) is 2.65. The molecule has 4 heteroatoms. The standard InChI is InChI=1S/C16H21ClN2S/c1-16(2,3)15-9-8-14(20-15)13(10-18)19-12-6-4-11(17)5-7-12/h4-9,13,19H,10,18H2,1-3H3. The Bertz CT molecular complexity index is 555. The third-order valence-corrected chi connectivity index (χ3v) is 5.01. The van der Waals surface area contributed by atoms with Crippen molar-refractivity contribution in [2.75, 3.05) is 11.9 Å². The molecule has 0 saturated heterocycles. The average molecular weight is 309 g/mol. The summed E-state index contributed by atoms with van der Waals surface area (Å²) in [5.74, 6) is 0. The summed E-state index contributed by atoms with van der Waals surface area (Å²) < 4.78 is 0. The van der Waals surface area contributed by atoms with Gasteiger partial charge in [-0.25, -0.2) is 0 Å². The van der Waals surface area contributed by atoms with Crippen LogP contribution in [-0.4, -0.2) is 6.54 Å². The minimum Gasteiger partial charge on any atom is -0.376 e. The molecule has 1 atom stereocenters. The summed E-state index contributed by atoms with van der Waals surface area (Å²) >= 11 is 7.73. The molecule has 1 unspecified atom stereocenters. The second kappa shape index (κ2) is 6.17. The lowest BCUT2D eigenvalue weighted by Crippen LogP contribution is -2.19. The molecule has 0 saturated carbocycles. The minimum atomic E-state index is 0.136. The van der Waals surface area contributed by atoms with Crippen LogP contribution in [-0.2, 0) is 5.41 Å². The van der Waals surface area contributed by atoms with E-state index >= 15 is 0 Å². The average Bonchev–Trinajstić information content (AvgIpc) is 2.87. The van der Waals surface area contributed by atoms with E-state index in [1.165, 1.54) is 9.75 Å². The quantitative estimate of drug-likeness (QED) is 0.850. The van der Waals surface area contributed by atoms with Crippen LogP contribution in [0.25, 0.3) is 0 Å². The Morgan fingerprint density at radius 3 is 2.30 bits per heavy atom. The highest BCUT2D eigenvalue weighted by Gasteiger charge is 2.19. The zero-order valence-corrected chi connectivity index (χ0v) is 13.7. The van der Waals surface area contributed by atoms with Gasteiger partial charge < -0.3 is 11.1 Å². The molecular weight excluding hydrogens is 288 g/mol. The molecule has 0 aliphatic heterocycles. The van der Waals surface area contributed by atoms with Crippen molar-refractivity contribution in [1.29, 1.82) is 0 Å². The first-order chi connectivity index (χ1) is 9.40. The molecule has 0 aliphatic rings. The van der Waals surface area contributed by atoms with E-state index in [2.05, 4.69) is 38.2 Å². The first kappa shape index (κ1) is 15.4. The Kier molecular flexibility index (Phi) is 4.74. The van der Waals surface area contributed by atoms with E-state index in [1.54, 1.807) is 0 Å². The van der Waals surface area contributed by atoms with E-state index in [0.29, 0.717) is 6.54 Å². The lowest BCUT2D eigenvalue weighted by molar-refractivity contribution is 0.604. The number of thiophene rings is 1. The van der Waals surface area contributed by atoms with Gasteiger partial charge >= 0.3 is 0 Å². The predicted molar refractivity (Wildman–Crippen MR) is 89.9 cm³/mol. The summed E-state index contributed by atoms with van der Waals surface area (Å²) in [5.41, 5.74) is 7.14. The Balaban J connectivity index is 2.16. The van der Waals surface area contributed by atoms with Crippen LogP contribution in [0.1, 0.15) is 36.6 Å². The van der Waals surface area contributed by atoms with Gasteiger partial charge in [0, 0.05) is 27.0 Å². The molecule has 0 spiro atoms. The maximum Gasteiger partial charge on any atom is 0.0728 e. The van der Waals surface area contributed by atoms with Gasteiger partial charge in [-0.05, 0) is 41.8 Å². The van der Waals surface area contributed by atoms with Crippen molar-refractivity contribution >= 4 is 28.6 Å². The van der Waals surface area contributed by atoms with Gasteiger partial charge in [-0.3, -0.25) is 0 Å². The molecule has 0 bridgehead atoms. The number of hydrogen-bond donors (Lipinski definition) is 2. The number of rotatable bonds is 4. The van der Waals surface area contributed by atoms with Crippen LogP contribution in [0.2, 0.25) is 5.02 Å². The Morgan fingerprint density at radius 1 is 1.15 bits per heavy atom. The topological polar surface area (TPSA) is 38.0 Å². The SMILES string of the molecule is CC(C)(C)c1ccc(C(CN)Nc2ccc(Cl)cc2)s1. The van der Waals surface area contributed by atoms with Crippen LogP contribution >= 0.6 is 22.9 Å². The minimum absolute atomic E-state index is 0.136. The van der Waals surface area contributed by atoms with Gasteiger partial charge in [-0.15, -0.1) is 11.3 Å². The van der Waals surface area contributed by atoms with E-state index in [0.717, 1.165) is 10.7 Å². The molecule has 2 nitrogen and oxygen atoms in total. The van der Waals surface area contributed by atoms with E-state index in [1.807, 2.05) is 35.6 Å². The van der Waals surface area contributed by atoms with Gasteiger partial charge in [0.2, 0.25) is 0 Å². The largest absolute Gasteiger partial charge is 0.376 e. The summed E-state index contributed by atoms with van der Waals surface area (Å²) in [6, 6.07) is 12.2. The normalized spacial score (nSPS) is 13.2. The van der Waals surface area contributed by atoms with Crippen LogP contribution in [0.15, 0.2) is 36.4 Å². The second-order valence-corrected chi connectivity index (χ2v) is 7.44. The van der Waals surface area contributed by atoms with Crippen molar-refractivity contribution < 1.29 is 0 Å². The number of hydrogen-bond acceptors (Lipinski definition) is 3.